The van der Waals surface area contributed by atoms with E-state index in [1.54, 1.807) is 13.0 Å². The van der Waals surface area contributed by atoms with Gasteiger partial charge in [0, 0.05) is 9.75 Å². The largest absolute Gasteiger partial charge is 0.383 e. The van der Waals surface area contributed by atoms with Crippen LogP contribution in [0.15, 0.2) is 12.1 Å². The summed E-state index contributed by atoms with van der Waals surface area (Å²) in [5, 5.41) is 9.78. The van der Waals surface area contributed by atoms with Crippen molar-refractivity contribution in [3.63, 3.8) is 0 Å². The highest BCUT2D eigenvalue weighted by Gasteiger charge is 2.30. The molecule has 2 aromatic rings. The minimum Gasteiger partial charge on any atom is -0.383 e. The molecule has 102 valence electrons. The molecule has 1 heterocycles. The highest BCUT2D eigenvalue weighted by molar-refractivity contribution is 7.12. The van der Waals surface area contributed by atoms with E-state index >= 15 is 0 Å². The predicted molar refractivity (Wildman–Crippen MR) is 59.3 cm³/mol. The zero-order valence-corrected chi connectivity index (χ0v) is 10.3. The van der Waals surface area contributed by atoms with Crippen LogP contribution in [0.3, 0.4) is 0 Å². The molecule has 0 saturated carbocycles. The molecule has 0 aliphatic heterocycles. The Morgan fingerprint density at radius 1 is 0.895 bits per heavy atom. The SMILES string of the molecule is Cc1ccc(C(O)c2c(F)c(F)c(F)c(F)c2F)s1. The fourth-order valence-electron chi connectivity index (χ4n) is 1.60. The van der Waals surface area contributed by atoms with E-state index in [1.807, 2.05) is 0 Å². The number of aliphatic hydroxyl groups is 1. The molecule has 0 aliphatic carbocycles. The molecule has 2 rings (SSSR count). The van der Waals surface area contributed by atoms with Gasteiger partial charge in [-0.1, -0.05) is 0 Å². The van der Waals surface area contributed by atoms with E-state index in [0.29, 0.717) is 0 Å². The Kier molecular flexibility index (Phi) is 3.60. The summed E-state index contributed by atoms with van der Waals surface area (Å²) >= 11 is 1.00. The van der Waals surface area contributed by atoms with Gasteiger partial charge in [-0.05, 0) is 19.1 Å². The fraction of sp³-hybridized carbons (Fsp3) is 0.167. The van der Waals surface area contributed by atoms with E-state index in [9.17, 15) is 27.1 Å². The summed E-state index contributed by atoms with van der Waals surface area (Å²) < 4.78 is 65.8. The molecule has 1 N–H and O–H groups in total. The summed E-state index contributed by atoms with van der Waals surface area (Å²) in [6, 6.07) is 2.93. The van der Waals surface area contributed by atoms with Gasteiger partial charge in [0.15, 0.2) is 23.3 Å². The first-order chi connectivity index (χ1) is 8.84. The first kappa shape index (κ1) is 14.0. The number of hydrogen-bond donors (Lipinski definition) is 1. The van der Waals surface area contributed by atoms with Crippen LogP contribution in [0.2, 0.25) is 0 Å². The third-order valence-corrected chi connectivity index (χ3v) is 3.60. The van der Waals surface area contributed by atoms with Crippen molar-refractivity contribution in [2.45, 2.75) is 13.0 Å². The van der Waals surface area contributed by atoms with Gasteiger partial charge in [-0.2, -0.15) is 0 Å². The molecule has 1 aromatic heterocycles. The molecule has 1 nitrogen and oxygen atoms in total. The lowest BCUT2D eigenvalue weighted by Gasteiger charge is -2.13. The lowest BCUT2D eigenvalue weighted by Crippen LogP contribution is -2.11. The lowest BCUT2D eigenvalue weighted by atomic mass is 10.1. The summed E-state index contributed by atoms with van der Waals surface area (Å²) in [4.78, 5) is 0.832. The Balaban J connectivity index is 2.63. The van der Waals surface area contributed by atoms with E-state index in [1.165, 1.54) is 6.07 Å². The molecule has 0 amide bonds. The number of thiophene rings is 1. The first-order valence-electron chi connectivity index (χ1n) is 5.10. The maximum atomic E-state index is 13.5. The Morgan fingerprint density at radius 3 is 1.79 bits per heavy atom. The molecule has 0 aliphatic rings. The second kappa shape index (κ2) is 4.90. The van der Waals surface area contributed by atoms with Crippen LogP contribution < -0.4 is 0 Å². The number of aryl methyl sites for hydroxylation is 1. The molecule has 0 saturated heterocycles. The van der Waals surface area contributed by atoms with Gasteiger partial charge in [0.05, 0.1) is 5.56 Å². The Labute approximate surface area is 108 Å². The maximum Gasteiger partial charge on any atom is 0.200 e. The molecule has 0 fully saturated rings. The zero-order valence-electron chi connectivity index (χ0n) is 9.48. The van der Waals surface area contributed by atoms with Gasteiger partial charge < -0.3 is 5.11 Å². The van der Waals surface area contributed by atoms with Gasteiger partial charge in [0.1, 0.15) is 6.10 Å². The van der Waals surface area contributed by atoms with Crippen molar-refractivity contribution in [3.8, 4) is 0 Å². The van der Waals surface area contributed by atoms with Gasteiger partial charge in [0.2, 0.25) is 5.82 Å². The molecule has 1 aromatic carbocycles. The van der Waals surface area contributed by atoms with Crippen LogP contribution in [0.5, 0.6) is 0 Å². The van der Waals surface area contributed by atoms with Crippen molar-refractivity contribution < 1.29 is 27.1 Å². The molecule has 7 heteroatoms. The lowest BCUT2D eigenvalue weighted by molar-refractivity contribution is 0.206. The minimum atomic E-state index is -2.24. The monoisotopic (exact) mass is 294 g/mol. The topological polar surface area (TPSA) is 20.2 Å². The summed E-state index contributed by atoms with van der Waals surface area (Å²) in [5.74, 6) is -10.4. The second-order valence-corrected chi connectivity index (χ2v) is 5.15. The van der Waals surface area contributed by atoms with E-state index in [-0.39, 0.29) is 4.88 Å². The molecule has 0 bridgehead atoms. The summed E-state index contributed by atoms with van der Waals surface area (Å²) in [6.45, 7) is 1.68. The van der Waals surface area contributed by atoms with Crippen LogP contribution in [0, 0.1) is 36.0 Å². The fourth-order valence-corrected chi connectivity index (χ4v) is 2.48. The number of hydrogen-bond acceptors (Lipinski definition) is 2. The summed E-state index contributed by atoms with van der Waals surface area (Å²) in [6.07, 6.45) is -1.90. The average Bonchev–Trinajstić information content (AvgIpc) is 2.81. The Morgan fingerprint density at radius 2 is 1.37 bits per heavy atom. The minimum absolute atomic E-state index is 0.0979. The van der Waals surface area contributed by atoms with Crippen LogP contribution in [-0.2, 0) is 0 Å². The number of aliphatic hydroxyl groups excluding tert-OH is 1. The number of halogens is 5. The maximum absolute atomic E-state index is 13.5. The molecule has 0 radical (unpaired) electrons. The van der Waals surface area contributed by atoms with E-state index in [2.05, 4.69) is 0 Å². The summed E-state index contributed by atoms with van der Waals surface area (Å²) in [5.41, 5.74) is -1.24. The van der Waals surface area contributed by atoms with Gasteiger partial charge in [0.25, 0.3) is 0 Å². The highest BCUT2D eigenvalue weighted by atomic mass is 32.1. The molecular formula is C12H7F5OS. The van der Waals surface area contributed by atoms with Crippen molar-refractivity contribution in [2.24, 2.45) is 0 Å². The smallest absolute Gasteiger partial charge is 0.200 e. The van der Waals surface area contributed by atoms with Crippen molar-refractivity contribution in [1.82, 2.24) is 0 Å². The zero-order chi connectivity index (χ0) is 14.3. The first-order valence-corrected chi connectivity index (χ1v) is 5.92. The normalized spacial score (nSPS) is 12.8. The van der Waals surface area contributed by atoms with Crippen LogP contribution >= 0.6 is 11.3 Å². The Bertz CT molecular complexity index is 608. The van der Waals surface area contributed by atoms with Crippen molar-refractivity contribution in [3.05, 3.63) is 56.5 Å². The van der Waals surface area contributed by atoms with Crippen LogP contribution in [0.1, 0.15) is 21.4 Å². The summed E-state index contributed by atoms with van der Waals surface area (Å²) in [7, 11) is 0. The van der Waals surface area contributed by atoms with Crippen LogP contribution in [-0.4, -0.2) is 5.11 Å². The van der Waals surface area contributed by atoms with E-state index in [0.717, 1.165) is 16.2 Å². The van der Waals surface area contributed by atoms with Crippen molar-refractivity contribution >= 4 is 11.3 Å². The molecule has 1 atom stereocenters. The van der Waals surface area contributed by atoms with E-state index < -0.39 is 40.8 Å². The Hall–Kier alpha value is -1.47. The quantitative estimate of drug-likeness (QED) is 0.507. The van der Waals surface area contributed by atoms with E-state index in [4.69, 9.17) is 0 Å². The average molecular weight is 294 g/mol. The van der Waals surface area contributed by atoms with Crippen LogP contribution in [0.4, 0.5) is 22.0 Å². The van der Waals surface area contributed by atoms with Crippen molar-refractivity contribution in [2.75, 3.05) is 0 Å². The van der Waals surface area contributed by atoms with Crippen molar-refractivity contribution in [1.29, 1.82) is 0 Å². The predicted octanol–water partition coefficient (Wildman–Crippen LogP) is 3.83. The van der Waals surface area contributed by atoms with Gasteiger partial charge in [-0.15, -0.1) is 11.3 Å². The van der Waals surface area contributed by atoms with Gasteiger partial charge >= 0.3 is 0 Å². The third-order valence-electron chi connectivity index (χ3n) is 2.55. The molecule has 1 unspecified atom stereocenters. The molecule has 19 heavy (non-hydrogen) atoms. The number of benzene rings is 1. The molecule has 0 spiro atoms. The van der Waals surface area contributed by atoms with Gasteiger partial charge in [-0.25, -0.2) is 22.0 Å². The second-order valence-electron chi connectivity index (χ2n) is 3.83. The number of rotatable bonds is 2. The van der Waals surface area contributed by atoms with Gasteiger partial charge in [-0.3, -0.25) is 0 Å². The third kappa shape index (κ3) is 2.23. The van der Waals surface area contributed by atoms with Crippen LogP contribution in [0.25, 0.3) is 0 Å². The highest BCUT2D eigenvalue weighted by Crippen LogP contribution is 2.34. The molecular weight excluding hydrogens is 287 g/mol. The standard InChI is InChI=1S/C12H7F5OS/c1-4-2-3-5(19-4)12(18)6-7(13)9(15)11(17)10(16)8(6)14/h2-3,12,18H,1H3.